The summed E-state index contributed by atoms with van der Waals surface area (Å²) in [6.07, 6.45) is 2.81. The van der Waals surface area contributed by atoms with Gasteiger partial charge in [-0.05, 0) is 26.7 Å². The summed E-state index contributed by atoms with van der Waals surface area (Å²) in [4.78, 5) is 14.0. The molecular formula is C12H23N3O3. The molecule has 0 radical (unpaired) electrons. The largest absolute Gasteiger partial charge is 0.409 e. The molecule has 0 aromatic rings. The Morgan fingerprint density at radius 2 is 2.17 bits per heavy atom. The van der Waals surface area contributed by atoms with Gasteiger partial charge in [-0.2, -0.15) is 0 Å². The molecule has 0 spiro atoms. The molecule has 0 bridgehead atoms. The van der Waals surface area contributed by atoms with Crippen LogP contribution in [0.2, 0.25) is 0 Å². The zero-order chi connectivity index (χ0) is 13.8. The van der Waals surface area contributed by atoms with E-state index in [0.717, 1.165) is 12.8 Å². The highest BCUT2D eigenvalue weighted by atomic mass is 16.5. The van der Waals surface area contributed by atoms with Crippen LogP contribution in [0.4, 0.5) is 0 Å². The molecule has 6 heteroatoms. The second-order valence-electron chi connectivity index (χ2n) is 5.30. The fraction of sp³-hybridized carbons (Fsp3) is 0.833. The number of hydrogen-bond acceptors (Lipinski definition) is 4. The van der Waals surface area contributed by atoms with Crippen molar-refractivity contribution in [2.45, 2.75) is 51.2 Å². The number of carbonyl (C=O) groups excluding carboxylic acids is 1. The fourth-order valence-corrected chi connectivity index (χ4v) is 1.72. The second-order valence-corrected chi connectivity index (χ2v) is 5.30. The lowest BCUT2D eigenvalue weighted by molar-refractivity contribution is -0.137. The first-order chi connectivity index (χ1) is 8.39. The normalized spacial score (nSPS) is 16.7. The van der Waals surface area contributed by atoms with Crippen LogP contribution in [0.3, 0.4) is 0 Å². The van der Waals surface area contributed by atoms with Gasteiger partial charge in [-0.15, -0.1) is 0 Å². The van der Waals surface area contributed by atoms with Crippen LogP contribution in [-0.2, 0) is 9.53 Å². The van der Waals surface area contributed by atoms with E-state index < -0.39 is 5.60 Å². The number of nitrogens with zero attached hydrogens (tertiary/aromatic N) is 2. The molecule has 3 N–H and O–H groups in total. The van der Waals surface area contributed by atoms with Gasteiger partial charge in [0.05, 0.1) is 12.0 Å². The lowest BCUT2D eigenvalue weighted by Crippen LogP contribution is -2.40. The Hall–Kier alpha value is -1.30. The maximum absolute atomic E-state index is 12.2. The maximum atomic E-state index is 12.2. The van der Waals surface area contributed by atoms with E-state index in [2.05, 4.69) is 5.16 Å². The number of amides is 1. The summed E-state index contributed by atoms with van der Waals surface area (Å²) in [5, 5.41) is 11.4. The van der Waals surface area contributed by atoms with Gasteiger partial charge >= 0.3 is 0 Å². The average Bonchev–Trinajstić information content (AvgIpc) is 3.12. The van der Waals surface area contributed by atoms with Gasteiger partial charge in [0.25, 0.3) is 0 Å². The fourth-order valence-electron chi connectivity index (χ4n) is 1.72. The predicted molar refractivity (Wildman–Crippen MR) is 68.5 cm³/mol. The molecule has 1 fully saturated rings. The third-order valence-corrected chi connectivity index (χ3v) is 3.17. The molecule has 0 heterocycles. The van der Waals surface area contributed by atoms with Crippen molar-refractivity contribution in [3.05, 3.63) is 0 Å². The van der Waals surface area contributed by atoms with Crippen LogP contribution >= 0.6 is 0 Å². The molecule has 1 rings (SSSR count). The zero-order valence-electron chi connectivity index (χ0n) is 11.3. The molecule has 1 aliphatic carbocycles. The molecule has 6 nitrogen and oxygen atoms in total. The number of amidine groups is 1. The number of hydrogen-bond donors (Lipinski definition) is 2. The minimum atomic E-state index is -0.458. The molecule has 0 atom stereocenters. The summed E-state index contributed by atoms with van der Waals surface area (Å²) in [5.74, 6) is 0.217. The highest BCUT2D eigenvalue weighted by Crippen LogP contribution is 2.29. The van der Waals surface area contributed by atoms with Gasteiger partial charge in [-0.1, -0.05) is 5.16 Å². The van der Waals surface area contributed by atoms with E-state index in [1.807, 2.05) is 18.7 Å². The minimum Gasteiger partial charge on any atom is -0.409 e. The first-order valence-corrected chi connectivity index (χ1v) is 6.20. The van der Waals surface area contributed by atoms with Gasteiger partial charge in [-0.3, -0.25) is 4.79 Å². The molecule has 1 aliphatic rings. The third kappa shape index (κ3) is 4.52. The Morgan fingerprint density at radius 1 is 1.56 bits per heavy atom. The summed E-state index contributed by atoms with van der Waals surface area (Å²) in [5.41, 5.74) is 4.98. The minimum absolute atomic E-state index is 0.0649. The Labute approximate surface area is 108 Å². The third-order valence-electron chi connectivity index (χ3n) is 3.17. The lowest BCUT2D eigenvalue weighted by atomic mass is 10.0. The van der Waals surface area contributed by atoms with Gasteiger partial charge in [0.2, 0.25) is 5.91 Å². The zero-order valence-corrected chi connectivity index (χ0v) is 11.3. The molecule has 0 unspecified atom stereocenters. The van der Waals surface area contributed by atoms with Crippen LogP contribution in [0.1, 0.15) is 39.5 Å². The van der Waals surface area contributed by atoms with E-state index in [9.17, 15) is 4.79 Å². The van der Waals surface area contributed by atoms with Gasteiger partial charge in [0, 0.05) is 26.1 Å². The van der Waals surface area contributed by atoms with Crippen LogP contribution in [0.5, 0.6) is 0 Å². The van der Waals surface area contributed by atoms with E-state index in [-0.39, 0.29) is 11.7 Å². The number of carbonyl (C=O) groups is 1. The molecule has 1 saturated carbocycles. The quantitative estimate of drug-likeness (QED) is 0.307. The van der Waals surface area contributed by atoms with Crippen molar-refractivity contribution in [2.24, 2.45) is 10.9 Å². The summed E-state index contributed by atoms with van der Waals surface area (Å²) in [6, 6.07) is 0.316. The van der Waals surface area contributed by atoms with Crippen LogP contribution in [0, 0.1) is 0 Å². The average molecular weight is 257 g/mol. The van der Waals surface area contributed by atoms with Crippen molar-refractivity contribution >= 4 is 11.7 Å². The topological polar surface area (TPSA) is 88.2 Å². The molecule has 104 valence electrons. The highest BCUT2D eigenvalue weighted by Gasteiger charge is 2.34. The number of ether oxygens (including phenoxy) is 1. The Bertz CT molecular complexity index is 325. The van der Waals surface area contributed by atoms with Crippen molar-refractivity contribution in [3.63, 3.8) is 0 Å². The van der Waals surface area contributed by atoms with Crippen molar-refractivity contribution < 1.29 is 14.7 Å². The van der Waals surface area contributed by atoms with Crippen molar-refractivity contribution in [3.8, 4) is 0 Å². The Morgan fingerprint density at radius 3 is 2.61 bits per heavy atom. The summed E-state index contributed by atoms with van der Waals surface area (Å²) in [6.45, 7) is 4.28. The molecular weight excluding hydrogens is 234 g/mol. The standard InChI is InChI=1S/C12H23N3O3/c1-12(2,18-3)8-11(16)15(9-4-5-9)7-6-10(13)14-17/h9,17H,4-8H2,1-3H3,(H2,13,14). The monoisotopic (exact) mass is 257 g/mol. The van der Waals surface area contributed by atoms with E-state index in [1.54, 1.807) is 7.11 Å². The van der Waals surface area contributed by atoms with Gasteiger partial charge < -0.3 is 20.6 Å². The van der Waals surface area contributed by atoms with Gasteiger partial charge in [0.1, 0.15) is 5.84 Å². The first-order valence-electron chi connectivity index (χ1n) is 6.20. The number of methoxy groups -OCH3 is 1. The highest BCUT2D eigenvalue weighted by molar-refractivity contribution is 5.81. The second kappa shape index (κ2) is 6.04. The summed E-state index contributed by atoms with van der Waals surface area (Å²) < 4.78 is 5.27. The van der Waals surface area contributed by atoms with E-state index in [1.165, 1.54) is 0 Å². The van der Waals surface area contributed by atoms with Crippen LogP contribution < -0.4 is 5.73 Å². The number of oxime groups is 1. The molecule has 0 aromatic heterocycles. The van der Waals surface area contributed by atoms with Gasteiger partial charge in [0.15, 0.2) is 0 Å². The summed E-state index contributed by atoms with van der Waals surface area (Å²) >= 11 is 0. The van der Waals surface area contributed by atoms with Crippen molar-refractivity contribution in [1.82, 2.24) is 4.90 Å². The first kappa shape index (κ1) is 14.8. The number of rotatable bonds is 7. The lowest BCUT2D eigenvalue weighted by Gasteiger charge is -2.28. The smallest absolute Gasteiger partial charge is 0.225 e. The van der Waals surface area contributed by atoms with E-state index >= 15 is 0 Å². The Kier molecular flexibility index (Phi) is 4.95. The van der Waals surface area contributed by atoms with Crippen LogP contribution in [0.15, 0.2) is 5.16 Å². The maximum Gasteiger partial charge on any atom is 0.225 e. The summed E-state index contributed by atoms with van der Waals surface area (Å²) in [7, 11) is 1.60. The predicted octanol–water partition coefficient (Wildman–Crippen LogP) is 0.929. The molecule has 0 saturated heterocycles. The molecule has 18 heavy (non-hydrogen) atoms. The van der Waals surface area contributed by atoms with Crippen LogP contribution in [-0.4, -0.2) is 47.1 Å². The van der Waals surface area contributed by atoms with Crippen molar-refractivity contribution in [1.29, 1.82) is 0 Å². The van der Waals surface area contributed by atoms with Crippen molar-refractivity contribution in [2.75, 3.05) is 13.7 Å². The Balaban J connectivity index is 2.53. The SMILES string of the molecule is COC(C)(C)CC(=O)N(CCC(N)=NO)C1CC1. The van der Waals surface area contributed by atoms with Gasteiger partial charge in [-0.25, -0.2) is 0 Å². The molecule has 0 aromatic carbocycles. The van der Waals surface area contributed by atoms with E-state index in [4.69, 9.17) is 15.7 Å². The molecule has 0 aliphatic heterocycles. The van der Waals surface area contributed by atoms with Crippen LogP contribution in [0.25, 0.3) is 0 Å². The number of nitrogens with two attached hydrogens (primary N) is 1. The van der Waals surface area contributed by atoms with E-state index in [0.29, 0.717) is 25.4 Å². The molecule has 1 amide bonds.